The van der Waals surface area contributed by atoms with Crippen molar-refractivity contribution >= 4 is 67.8 Å². The summed E-state index contributed by atoms with van der Waals surface area (Å²) in [5.41, 5.74) is 22.2. The van der Waals surface area contributed by atoms with E-state index in [1.165, 1.54) is 105 Å². The lowest BCUT2D eigenvalue weighted by molar-refractivity contribution is 0.590. The molecule has 7 aromatic carbocycles. The third-order valence-electron chi connectivity index (χ3n) is 13.2. The standard InChI is InChI=1S/C52H41BN2O/c1-30-27-38-33-19-14-20-36-45-35-18-11-13-22-44(35)56-50(45)55(48(33)36)53-41-25-24-40-46(34-17-10-12-21-39(34)52(40,5)6)49(41)54(43(28-30)47(38)53)42-26-23-32(51(2,3)4)29-37(42)31-15-8-7-9-16-31/h7-29H,1-6H3. The van der Waals surface area contributed by atoms with Crippen molar-refractivity contribution in [3.8, 4) is 33.4 Å². The van der Waals surface area contributed by atoms with Crippen molar-refractivity contribution in [2.24, 2.45) is 0 Å². The molecule has 0 amide bonds. The first kappa shape index (κ1) is 32.0. The molecule has 0 bridgehead atoms. The van der Waals surface area contributed by atoms with Crippen LogP contribution in [-0.4, -0.2) is 11.3 Å². The Bertz CT molecular complexity index is 3170. The van der Waals surface area contributed by atoms with E-state index in [9.17, 15) is 0 Å². The van der Waals surface area contributed by atoms with E-state index in [2.05, 4.69) is 190 Å². The van der Waals surface area contributed by atoms with Crippen LogP contribution in [0.2, 0.25) is 0 Å². The Balaban J connectivity index is 1.28. The highest BCUT2D eigenvalue weighted by atomic mass is 16.3. The van der Waals surface area contributed by atoms with Gasteiger partial charge in [0.2, 0.25) is 0 Å². The van der Waals surface area contributed by atoms with Crippen LogP contribution in [0.5, 0.6) is 0 Å². The molecule has 2 aliphatic heterocycles. The first-order valence-electron chi connectivity index (χ1n) is 20.0. The second-order valence-electron chi connectivity index (χ2n) is 17.8. The van der Waals surface area contributed by atoms with E-state index in [1.807, 2.05) is 0 Å². The van der Waals surface area contributed by atoms with Crippen molar-refractivity contribution in [1.82, 2.24) is 4.48 Å². The van der Waals surface area contributed by atoms with Crippen LogP contribution in [0.1, 0.15) is 56.9 Å². The molecule has 9 aromatic rings. The average molecular weight is 721 g/mol. The molecule has 2 aromatic heterocycles. The van der Waals surface area contributed by atoms with Gasteiger partial charge in [-0.05, 0) is 86.5 Å². The highest BCUT2D eigenvalue weighted by Gasteiger charge is 2.48. The van der Waals surface area contributed by atoms with Gasteiger partial charge in [-0.15, -0.1) is 0 Å². The SMILES string of the molecule is Cc1cc2c3c(c1)N(c1ccc(C(C)(C)C)cc1-c1ccccc1)c1c(ccc4c1-c1ccccc1C4(C)C)B3n1c3oc4ccccc4c3c3cccc-2c31. The minimum Gasteiger partial charge on any atom is -0.441 e. The number of aryl methyl sites for hydroxylation is 1. The molecule has 0 atom stereocenters. The third-order valence-corrected chi connectivity index (χ3v) is 13.2. The van der Waals surface area contributed by atoms with Gasteiger partial charge < -0.3 is 13.8 Å². The second kappa shape index (κ2) is 10.7. The zero-order valence-electron chi connectivity index (χ0n) is 32.7. The van der Waals surface area contributed by atoms with Gasteiger partial charge in [0.05, 0.1) is 16.8 Å². The van der Waals surface area contributed by atoms with Crippen LogP contribution >= 0.6 is 0 Å². The smallest absolute Gasteiger partial charge is 0.336 e. The molecule has 0 fully saturated rings. The fraction of sp³-hybridized carbons (Fsp3) is 0.154. The summed E-state index contributed by atoms with van der Waals surface area (Å²) in [5.74, 6) is 0. The minimum absolute atomic E-state index is 0.0128. The van der Waals surface area contributed by atoms with E-state index < -0.39 is 0 Å². The molecule has 0 N–H and O–H groups in total. The number of hydrogen-bond donors (Lipinski definition) is 0. The molecule has 268 valence electrons. The van der Waals surface area contributed by atoms with Crippen LogP contribution in [0, 0.1) is 6.92 Å². The van der Waals surface area contributed by atoms with Gasteiger partial charge in [-0.2, -0.15) is 0 Å². The number of furan rings is 1. The molecule has 3 aliphatic rings. The van der Waals surface area contributed by atoms with Crippen LogP contribution in [0.25, 0.3) is 66.4 Å². The summed E-state index contributed by atoms with van der Waals surface area (Å²) < 4.78 is 9.52. The quantitative estimate of drug-likeness (QED) is 0.166. The number of fused-ring (bicyclic) bond motifs is 13. The molecular weight excluding hydrogens is 679 g/mol. The minimum atomic E-state index is -0.158. The predicted molar refractivity (Wildman–Crippen MR) is 236 cm³/mol. The van der Waals surface area contributed by atoms with E-state index in [0.717, 1.165) is 11.3 Å². The molecular formula is C52H41BN2O. The van der Waals surface area contributed by atoms with Crippen molar-refractivity contribution in [2.75, 3.05) is 4.90 Å². The first-order valence-corrected chi connectivity index (χ1v) is 20.0. The van der Waals surface area contributed by atoms with E-state index in [-0.39, 0.29) is 17.7 Å². The highest BCUT2D eigenvalue weighted by molar-refractivity contribution is 6.90. The van der Waals surface area contributed by atoms with Gasteiger partial charge in [-0.25, -0.2) is 0 Å². The van der Waals surface area contributed by atoms with Crippen molar-refractivity contribution in [3.05, 3.63) is 162 Å². The molecule has 56 heavy (non-hydrogen) atoms. The summed E-state index contributed by atoms with van der Waals surface area (Å²) in [5, 5.41) is 3.61. The zero-order chi connectivity index (χ0) is 37.8. The maximum absolute atomic E-state index is 6.96. The number of para-hydroxylation sites is 2. The van der Waals surface area contributed by atoms with Crippen molar-refractivity contribution < 1.29 is 4.42 Å². The summed E-state index contributed by atoms with van der Waals surface area (Å²) in [7, 11) is 0. The fourth-order valence-electron chi connectivity index (χ4n) is 10.6. The van der Waals surface area contributed by atoms with Crippen LogP contribution in [-0.2, 0) is 10.8 Å². The molecule has 0 saturated heterocycles. The molecule has 4 heteroatoms. The summed E-state index contributed by atoms with van der Waals surface area (Å²) in [6, 6.07) is 52.4. The number of nitrogens with zero attached hydrogens (tertiary/aromatic N) is 2. The van der Waals surface area contributed by atoms with Gasteiger partial charge in [-0.3, -0.25) is 0 Å². The van der Waals surface area contributed by atoms with Gasteiger partial charge in [-0.1, -0.05) is 150 Å². The predicted octanol–water partition coefficient (Wildman–Crippen LogP) is 12.5. The van der Waals surface area contributed by atoms with Crippen molar-refractivity contribution in [1.29, 1.82) is 0 Å². The lowest BCUT2D eigenvalue weighted by atomic mass is 9.44. The number of anilines is 3. The molecule has 0 radical (unpaired) electrons. The summed E-state index contributed by atoms with van der Waals surface area (Å²) in [6.07, 6.45) is 0. The maximum atomic E-state index is 6.96. The molecule has 12 rings (SSSR count). The Morgan fingerprint density at radius 1 is 0.625 bits per heavy atom. The van der Waals surface area contributed by atoms with Crippen molar-refractivity contribution in [3.63, 3.8) is 0 Å². The molecule has 4 heterocycles. The van der Waals surface area contributed by atoms with Crippen LogP contribution in [0.4, 0.5) is 17.1 Å². The number of benzene rings is 7. The summed E-state index contributed by atoms with van der Waals surface area (Å²) >= 11 is 0. The van der Waals surface area contributed by atoms with E-state index in [1.54, 1.807) is 0 Å². The highest BCUT2D eigenvalue weighted by Crippen LogP contribution is 2.57. The maximum Gasteiger partial charge on any atom is 0.336 e. The number of rotatable bonds is 2. The Morgan fingerprint density at radius 2 is 1.38 bits per heavy atom. The van der Waals surface area contributed by atoms with Crippen LogP contribution in [0.3, 0.4) is 0 Å². The normalized spacial score (nSPS) is 14.7. The lowest BCUT2D eigenvalue weighted by Crippen LogP contribution is -2.57. The number of hydrogen-bond acceptors (Lipinski definition) is 2. The fourth-order valence-corrected chi connectivity index (χ4v) is 10.6. The topological polar surface area (TPSA) is 21.3 Å². The Hall–Kier alpha value is -6.26. The summed E-state index contributed by atoms with van der Waals surface area (Å²) in [6.45, 7) is 13.9. The Kier molecular flexibility index (Phi) is 6.14. The molecule has 0 saturated carbocycles. The summed E-state index contributed by atoms with van der Waals surface area (Å²) in [4.78, 5) is 2.65. The van der Waals surface area contributed by atoms with Gasteiger partial charge in [0.1, 0.15) is 5.58 Å². The second-order valence-corrected chi connectivity index (χ2v) is 17.8. The lowest BCUT2D eigenvalue weighted by Gasteiger charge is -2.42. The molecule has 3 nitrogen and oxygen atoms in total. The Labute approximate surface area is 327 Å². The Morgan fingerprint density at radius 3 is 2.21 bits per heavy atom. The van der Waals surface area contributed by atoms with Crippen LogP contribution < -0.4 is 15.8 Å². The van der Waals surface area contributed by atoms with E-state index >= 15 is 0 Å². The largest absolute Gasteiger partial charge is 0.441 e. The van der Waals surface area contributed by atoms with Crippen LogP contribution in [0.15, 0.2) is 144 Å². The number of aromatic nitrogens is 1. The molecule has 0 unspecified atom stereocenters. The van der Waals surface area contributed by atoms with Gasteiger partial charge in [0, 0.05) is 44.1 Å². The monoisotopic (exact) mass is 720 g/mol. The van der Waals surface area contributed by atoms with E-state index in [4.69, 9.17) is 4.42 Å². The molecule has 1 aliphatic carbocycles. The molecule has 0 spiro atoms. The zero-order valence-corrected chi connectivity index (χ0v) is 32.7. The van der Waals surface area contributed by atoms with Gasteiger partial charge in [0.15, 0.2) is 5.71 Å². The van der Waals surface area contributed by atoms with Gasteiger partial charge in [0.25, 0.3) is 0 Å². The first-order chi connectivity index (χ1) is 27.1. The van der Waals surface area contributed by atoms with Gasteiger partial charge >= 0.3 is 6.85 Å². The third kappa shape index (κ3) is 3.99. The van der Waals surface area contributed by atoms with E-state index in [0.29, 0.717) is 0 Å². The van der Waals surface area contributed by atoms with Crippen molar-refractivity contribution in [2.45, 2.75) is 52.4 Å². The average Bonchev–Trinajstić information content (AvgIpc) is 3.81.